The molecule has 1 aliphatic heterocycles. The maximum atomic E-state index is 4.08. The summed E-state index contributed by atoms with van der Waals surface area (Å²) in [6, 6.07) is 8.52. The molecule has 1 nitrogen and oxygen atoms in total. The smallest absolute Gasteiger partial charge is 0.0409 e. The SMILES string of the molecule is C1=CC=C2C(=CN=1)Cc1ccccc12. The summed E-state index contributed by atoms with van der Waals surface area (Å²) in [5.74, 6) is 2.85. The van der Waals surface area contributed by atoms with Gasteiger partial charge < -0.3 is 0 Å². The van der Waals surface area contributed by atoms with Crippen LogP contribution >= 0.6 is 0 Å². The molecule has 0 unspecified atom stereocenters. The zero-order valence-corrected chi connectivity index (χ0v) is 7.70. The topological polar surface area (TPSA) is 12.4 Å². The van der Waals surface area contributed by atoms with Gasteiger partial charge in [-0.25, -0.2) is 4.99 Å². The van der Waals surface area contributed by atoms with Gasteiger partial charge >= 0.3 is 0 Å². The number of hydrogen-bond donors (Lipinski definition) is 0. The number of aliphatic imine (C=N–C) groups is 1. The van der Waals surface area contributed by atoms with E-state index in [2.05, 4.69) is 41.2 Å². The molecule has 14 heavy (non-hydrogen) atoms. The highest BCUT2D eigenvalue weighted by molar-refractivity contribution is 5.88. The van der Waals surface area contributed by atoms with Gasteiger partial charge in [0.15, 0.2) is 0 Å². The lowest BCUT2D eigenvalue weighted by molar-refractivity contribution is 1.25. The molecule has 66 valence electrons. The van der Waals surface area contributed by atoms with Gasteiger partial charge in [0.2, 0.25) is 0 Å². The van der Waals surface area contributed by atoms with Gasteiger partial charge in [0.25, 0.3) is 0 Å². The molecule has 0 fully saturated rings. The zero-order valence-electron chi connectivity index (χ0n) is 7.70. The number of fused-ring (bicyclic) bond motifs is 3. The highest BCUT2D eigenvalue weighted by atomic mass is 14.7. The van der Waals surface area contributed by atoms with E-state index in [4.69, 9.17) is 0 Å². The Morgan fingerprint density at radius 2 is 2.14 bits per heavy atom. The van der Waals surface area contributed by atoms with Gasteiger partial charge in [-0.15, -0.1) is 0 Å². The van der Waals surface area contributed by atoms with Crippen molar-refractivity contribution < 1.29 is 0 Å². The van der Waals surface area contributed by atoms with Gasteiger partial charge in [-0.1, -0.05) is 24.3 Å². The van der Waals surface area contributed by atoms with Crippen LogP contribution in [0.15, 0.2) is 53.2 Å². The van der Waals surface area contributed by atoms with Crippen molar-refractivity contribution in [1.29, 1.82) is 0 Å². The van der Waals surface area contributed by atoms with E-state index in [1.54, 1.807) is 0 Å². The van der Waals surface area contributed by atoms with Crippen LogP contribution in [0.4, 0.5) is 0 Å². The predicted octanol–water partition coefficient (Wildman–Crippen LogP) is 2.75. The van der Waals surface area contributed by atoms with Gasteiger partial charge in [-0.2, -0.15) is 0 Å². The van der Waals surface area contributed by atoms with E-state index in [0.717, 1.165) is 6.42 Å². The molecule has 0 amide bonds. The first-order valence-corrected chi connectivity index (χ1v) is 4.72. The lowest BCUT2D eigenvalue weighted by atomic mass is 10.1. The van der Waals surface area contributed by atoms with Gasteiger partial charge in [0, 0.05) is 18.7 Å². The number of hydrogen-bond acceptors (Lipinski definition) is 1. The maximum Gasteiger partial charge on any atom is 0.0409 e. The third kappa shape index (κ3) is 1.00. The second-order valence-electron chi connectivity index (χ2n) is 3.49. The molecule has 0 atom stereocenters. The van der Waals surface area contributed by atoms with E-state index in [1.807, 2.05) is 12.3 Å². The summed E-state index contributed by atoms with van der Waals surface area (Å²) < 4.78 is 0. The van der Waals surface area contributed by atoms with E-state index >= 15 is 0 Å². The van der Waals surface area contributed by atoms with E-state index in [9.17, 15) is 0 Å². The van der Waals surface area contributed by atoms with Crippen molar-refractivity contribution in [2.24, 2.45) is 4.99 Å². The molecular formula is C13H9N. The van der Waals surface area contributed by atoms with Crippen LogP contribution < -0.4 is 0 Å². The first kappa shape index (κ1) is 7.54. The minimum absolute atomic E-state index is 1.00. The Hall–Kier alpha value is -1.85. The molecule has 0 N–H and O–H groups in total. The average molecular weight is 179 g/mol. The van der Waals surface area contributed by atoms with Gasteiger partial charge in [-0.3, -0.25) is 0 Å². The van der Waals surface area contributed by atoms with E-state index in [-0.39, 0.29) is 0 Å². The molecule has 2 aliphatic rings. The summed E-state index contributed by atoms with van der Waals surface area (Å²) in [7, 11) is 0. The minimum Gasteiger partial charge on any atom is -0.214 e. The normalized spacial score (nSPS) is 16.9. The van der Waals surface area contributed by atoms with Crippen LogP contribution in [0.2, 0.25) is 0 Å². The Morgan fingerprint density at radius 3 is 3.14 bits per heavy atom. The van der Waals surface area contributed by atoms with Crippen molar-refractivity contribution in [3.8, 4) is 0 Å². The van der Waals surface area contributed by atoms with Crippen molar-refractivity contribution in [2.45, 2.75) is 6.42 Å². The van der Waals surface area contributed by atoms with Crippen molar-refractivity contribution >= 4 is 11.4 Å². The molecule has 0 saturated heterocycles. The first-order chi connectivity index (χ1) is 6.95. The summed E-state index contributed by atoms with van der Waals surface area (Å²) in [4.78, 5) is 4.08. The maximum absolute atomic E-state index is 4.08. The van der Waals surface area contributed by atoms with Gasteiger partial charge in [0.1, 0.15) is 0 Å². The summed E-state index contributed by atoms with van der Waals surface area (Å²) in [6.07, 6.45) is 6.88. The molecule has 1 aliphatic carbocycles. The van der Waals surface area contributed by atoms with Crippen LogP contribution in [0, 0.1) is 0 Å². The highest BCUT2D eigenvalue weighted by Gasteiger charge is 2.20. The number of allylic oxidation sites excluding steroid dienone is 4. The fourth-order valence-electron chi connectivity index (χ4n) is 2.00. The molecular weight excluding hydrogens is 170 g/mol. The molecule has 0 spiro atoms. The third-order valence-corrected chi connectivity index (χ3v) is 2.65. The van der Waals surface area contributed by atoms with Crippen LogP contribution in [0.1, 0.15) is 11.1 Å². The molecule has 0 bridgehead atoms. The van der Waals surface area contributed by atoms with Crippen LogP contribution in [0.5, 0.6) is 0 Å². The quantitative estimate of drug-likeness (QED) is 0.580. The predicted molar refractivity (Wildman–Crippen MR) is 58.2 cm³/mol. The summed E-state index contributed by atoms with van der Waals surface area (Å²) in [5, 5.41) is 0. The van der Waals surface area contributed by atoms with Crippen molar-refractivity contribution in [1.82, 2.24) is 0 Å². The van der Waals surface area contributed by atoms with Crippen LogP contribution in [0.25, 0.3) is 5.57 Å². The molecule has 1 heterocycles. The molecule has 0 aromatic heterocycles. The highest BCUT2D eigenvalue weighted by Crippen LogP contribution is 2.36. The first-order valence-electron chi connectivity index (χ1n) is 4.72. The molecule has 0 radical (unpaired) electrons. The Labute approximate surface area is 82.8 Å². The Bertz CT molecular complexity index is 512. The molecule has 1 heteroatoms. The molecule has 1 aromatic rings. The Morgan fingerprint density at radius 1 is 1.21 bits per heavy atom. The molecule has 0 saturated carbocycles. The van der Waals surface area contributed by atoms with E-state index in [1.165, 1.54) is 22.3 Å². The summed E-state index contributed by atoms with van der Waals surface area (Å²) in [5.41, 5.74) is 5.34. The standard InChI is InChI=1S/C13H9N/c1-2-5-12-10(4-1)8-11-9-14-7-3-6-13(11)12/h1-6,9H,8H2. The minimum atomic E-state index is 1.00. The van der Waals surface area contributed by atoms with E-state index < -0.39 is 0 Å². The van der Waals surface area contributed by atoms with E-state index in [0.29, 0.717) is 0 Å². The lowest BCUT2D eigenvalue weighted by Gasteiger charge is -1.98. The Balaban J connectivity index is 2.25. The Kier molecular flexibility index (Phi) is 1.52. The van der Waals surface area contributed by atoms with Crippen LogP contribution in [-0.4, -0.2) is 5.87 Å². The average Bonchev–Trinajstić information content (AvgIpc) is 2.42. The number of rotatable bonds is 0. The summed E-state index contributed by atoms with van der Waals surface area (Å²) in [6.45, 7) is 0. The van der Waals surface area contributed by atoms with Gasteiger partial charge in [0.05, 0.1) is 0 Å². The van der Waals surface area contributed by atoms with Crippen molar-refractivity contribution in [3.05, 3.63) is 59.3 Å². The molecule has 3 rings (SSSR count). The monoisotopic (exact) mass is 179 g/mol. The molecule has 1 aromatic carbocycles. The van der Waals surface area contributed by atoms with Crippen LogP contribution in [0.3, 0.4) is 0 Å². The second-order valence-corrected chi connectivity index (χ2v) is 3.49. The van der Waals surface area contributed by atoms with Crippen molar-refractivity contribution in [2.75, 3.05) is 0 Å². The van der Waals surface area contributed by atoms with Crippen molar-refractivity contribution in [3.63, 3.8) is 0 Å². The lowest BCUT2D eigenvalue weighted by Crippen LogP contribution is -1.78. The number of nitrogens with zero attached hydrogens (tertiary/aromatic N) is 1. The summed E-state index contributed by atoms with van der Waals surface area (Å²) >= 11 is 0. The number of benzene rings is 1. The van der Waals surface area contributed by atoms with Crippen LogP contribution in [-0.2, 0) is 6.42 Å². The zero-order chi connectivity index (χ0) is 9.38. The third-order valence-electron chi connectivity index (χ3n) is 2.65. The largest absolute Gasteiger partial charge is 0.214 e. The fourth-order valence-corrected chi connectivity index (χ4v) is 2.00. The van der Waals surface area contributed by atoms with Gasteiger partial charge in [-0.05, 0) is 34.2 Å². The second kappa shape index (κ2) is 2.83. The fraction of sp³-hybridized carbons (Fsp3) is 0.0769.